The molecule has 1 unspecified atom stereocenters. The van der Waals surface area contributed by atoms with Crippen molar-refractivity contribution < 1.29 is 14.3 Å². The van der Waals surface area contributed by atoms with Crippen LogP contribution in [0.5, 0.6) is 0 Å². The average molecular weight is 395 g/mol. The Morgan fingerprint density at radius 3 is 2.68 bits per heavy atom. The second kappa shape index (κ2) is 7.87. The van der Waals surface area contributed by atoms with Crippen molar-refractivity contribution in [3.63, 3.8) is 0 Å². The standard InChI is InChI=1S/C13H17Br2NO3/c1-4-19-7-8(2)16-12-10(13(17)18-3)5-9(14)6-11(12)15/h5-6,8,16H,4,7H2,1-3H3. The van der Waals surface area contributed by atoms with Crippen molar-refractivity contribution in [3.8, 4) is 0 Å². The zero-order chi connectivity index (χ0) is 14.4. The highest BCUT2D eigenvalue weighted by molar-refractivity contribution is 9.11. The fourth-order valence-corrected chi connectivity index (χ4v) is 2.91. The summed E-state index contributed by atoms with van der Waals surface area (Å²) in [5.41, 5.74) is 1.19. The topological polar surface area (TPSA) is 47.6 Å². The molecule has 0 bridgehead atoms. The minimum absolute atomic E-state index is 0.0841. The van der Waals surface area contributed by atoms with Crippen LogP contribution in [0.1, 0.15) is 24.2 Å². The van der Waals surface area contributed by atoms with Gasteiger partial charge in [0, 0.05) is 21.6 Å². The van der Waals surface area contributed by atoms with E-state index in [1.54, 1.807) is 6.07 Å². The normalized spacial score (nSPS) is 12.1. The van der Waals surface area contributed by atoms with Gasteiger partial charge in [-0.05, 0) is 41.9 Å². The van der Waals surface area contributed by atoms with E-state index in [-0.39, 0.29) is 12.0 Å². The molecule has 0 aromatic heterocycles. The lowest BCUT2D eigenvalue weighted by Crippen LogP contribution is -2.23. The van der Waals surface area contributed by atoms with Gasteiger partial charge in [-0.1, -0.05) is 15.9 Å². The molecule has 6 heteroatoms. The van der Waals surface area contributed by atoms with E-state index in [0.717, 1.165) is 8.95 Å². The molecule has 106 valence electrons. The zero-order valence-corrected chi connectivity index (χ0v) is 14.3. The van der Waals surface area contributed by atoms with Gasteiger partial charge in [-0.3, -0.25) is 0 Å². The van der Waals surface area contributed by atoms with Crippen LogP contribution < -0.4 is 5.32 Å². The maximum atomic E-state index is 11.8. The number of hydrogen-bond donors (Lipinski definition) is 1. The summed E-state index contributed by atoms with van der Waals surface area (Å²) in [6.45, 7) is 5.17. The Kier molecular flexibility index (Phi) is 6.82. The van der Waals surface area contributed by atoms with Gasteiger partial charge in [0.1, 0.15) is 0 Å². The summed E-state index contributed by atoms with van der Waals surface area (Å²) in [5.74, 6) is -0.381. The second-order valence-corrected chi connectivity index (χ2v) is 5.78. The van der Waals surface area contributed by atoms with E-state index in [4.69, 9.17) is 9.47 Å². The number of ether oxygens (including phenoxy) is 2. The largest absolute Gasteiger partial charge is 0.465 e. The average Bonchev–Trinajstić information content (AvgIpc) is 2.38. The first-order valence-electron chi connectivity index (χ1n) is 5.91. The fourth-order valence-electron chi connectivity index (χ4n) is 1.57. The predicted octanol–water partition coefficient (Wildman–Crippen LogP) is 3.84. The minimum atomic E-state index is -0.381. The second-order valence-electron chi connectivity index (χ2n) is 4.01. The molecule has 0 amide bonds. The number of hydrogen-bond acceptors (Lipinski definition) is 4. The number of anilines is 1. The molecule has 1 atom stereocenters. The molecule has 0 aliphatic rings. The van der Waals surface area contributed by atoms with Gasteiger partial charge in [-0.25, -0.2) is 4.79 Å². The van der Waals surface area contributed by atoms with Gasteiger partial charge in [-0.2, -0.15) is 0 Å². The number of halogens is 2. The number of carbonyl (C=O) groups is 1. The Balaban J connectivity index is 3.00. The molecule has 0 radical (unpaired) electrons. The lowest BCUT2D eigenvalue weighted by atomic mass is 10.1. The van der Waals surface area contributed by atoms with E-state index in [2.05, 4.69) is 37.2 Å². The number of benzene rings is 1. The summed E-state index contributed by atoms with van der Waals surface area (Å²) in [4.78, 5) is 11.8. The molecule has 0 aliphatic carbocycles. The summed E-state index contributed by atoms with van der Waals surface area (Å²) in [6, 6.07) is 3.69. The first-order chi connectivity index (χ1) is 8.99. The molecule has 1 aromatic rings. The smallest absolute Gasteiger partial charge is 0.340 e. The molecule has 1 N–H and O–H groups in total. The van der Waals surface area contributed by atoms with Gasteiger partial charge in [0.25, 0.3) is 0 Å². The predicted molar refractivity (Wildman–Crippen MR) is 82.8 cm³/mol. The molecule has 0 spiro atoms. The van der Waals surface area contributed by atoms with Crippen molar-refractivity contribution in [3.05, 3.63) is 26.6 Å². The Morgan fingerprint density at radius 2 is 2.11 bits per heavy atom. The van der Waals surface area contributed by atoms with Gasteiger partial charge in [0.05, 0.1) is 25.0 Å². The molecule has 0 heterocycles. The summed E-state index contributed by atoms with van der Waals surface area (Å²) in [7, 11) is 1.37. The van der Waals surface area contributed by atoms with Gasteiger partial charge in [0.2, 0.25) is 0 Å². The quantitative estimate of drug-likeness (QED) is 0.744. The van der Waals surface area contributed by atoms with Crippen LogP contribution in [-0.2, 0) is 9.47 Å². The van der Waals surface area contributed by atoms with Crippen LogP contribution in [0.4, 0.5) is 5.69 Å². The monoisotopic (exact) mass is 393 g/mol. The lowest BCUT2D eigenvalue weighted by molar-refractivity contribution is 0.0601. The van der Waals surface area contributed by atoms with E-state index in [0.29, 0.717) is 24.5 Å². The van der Waals surface area contributed by atoms with Crippen molar-refractivity contribution in [2.24, 2.45) is 0 Å². The first-order valence-corrected chi connectivity index (χ1v) is 7.49. The zero-order valence-electron chi connectivity index (χ0n) is 11.1. The van der Waals surface area contributed by atoms with Crippen molar-refractivity contribution in [1.29, 1.82) is 0 Å². The first kappa shape index (κ1) is 16.5. The molecule has 0 aliphatic heterocycles. The number of rotatable bonds is 6. The van der Waals surface area contributed by atoms with E-state index >= 15 is 0 Å². The maximum Gasteiger partial charge on any atom is 0.340 e. The molecule has 4 nitrogen and oxygen atoms in total. The van der Waals surface area contributed by atoms with Gasteiger partial charge in [-0.15, -0.1) is 0 Å². The summed E-state index contributed by atoms with van der Waals surface area (Å²) in [6.07, 6.45) is 0. The Labute approximate surface area is 130 Å². The molecule has 1 aromatic carbocycles. The number of nitrogens with one attached hydrogen (secondary N) is 1. The van der Waals surface area contributed by atoms with Gasteiger partial charge in [0.15, 0.2) is 0 Å². The minimum Gasteiger partial charge on any atom is -0.465 e. The van der Waals surface area contributed by atoms with Crippen molar-refractivity contribution >= 4 is 43.5 Å². The summed E-state index contributed by atoms with van der Waals surface area (Å²) in [5, 5.41) is 3.26. The molecule has 0 saturated carbocycles. The molecule has 19 heavy (non-hydrogen) atoms. The van der Waals surface area contributed by atoms with Crippen molar-refractivity contribution in [2.45, 2.75) is 19.9 Å². The van der Waals surface area contributed by atoms with Gasteiger partial charge < -0.3 is 14.8 Å². The van der Waals surface area contributed by atoms with E-state index in [1.807, 2.05) is 19.9 Å². The highest BCUT2D eigenvalue weighted by Crippen LogP contribution is 2.31. The van der Waals surface area contributed by atoms with Crippen LogP contribution in [0.25, 0.3) is 0 Å². The third kappa shape index (κ3) is 4.78. The maximum absolute atomic E-state index is 11.8. The van der Waals surface area contributed by atoms with Crippen LogP contribution in [0.2, 0.25) is 0 Å². The van der Waals surface area contributed by atoms with Gasteiger partial charge >= 0.3 is 5.97 Å². The van der Waals surface area contributed by atoms with Crippen LogP contribution in [0.15, 0.2) is 21.1 Å². The summed E-state index contributed by atoms with van der Waals surface area (Å²) < 4.78 is 11.8. The number of esters is 1. The molecular formula is C13H17Br2NO3. The van der Waals surface area contributed by atoms with E-state index in [1.165, 1.54) is 7.11 Å². The Morgan fingerprint density at radius 1 is 1.42 bits per heavy atom. The highest BCUT2D eigenvalue weighted by atomic mass is 79.9. The van der Waals surface area contributed by atoms with E-state index < -0.39 is 0 Å². The Hall–Kier alpha value is -0.590. The lowest BCUT2D eigenvalue weighted by Gasteiger charge is -2.19. The van der Waals surface area contributed by atoms with Crippen LogP contribution in [0.3, 0.4) is 0 Å². The number of carbonyl (C=O) groups excluding carboxylic acids is 1. The SMILES string of the molecule is CCOCC(C)Nc1c(Br)cc(Br)cc1C(=O)OC. The third-order valence-corrected chi connectivity index (χ3v) is 3.51. The van der Waals surface area contributed by atoms with Crippen molar-refractivity contribution in [2.75, 3.05) is 25.6 Å². The van der Waals surface area contributed by atoms with Crippen molar-refractivity contribution in [1.82, 2.24) is 0 Å². The summed E-state index contributed by atoms with van der Waals surface area (Å²) >= 11 is 6.81. The van der Waals surface area contributed by atoms with Crippen LogP contribution in [0, 0.1) is 0 Å². The third-order valence-electron chi connectivity index (χ3n) is 2.42. The highest BCUT2D eigenvalue weighted by Gasteiger charge is 2.17. The molecule has 0 fully saturated rings. The van der Waals surface area contributed by atoms with Crippen LogP contribution >= 0.6 is 31.9 Å². The van der Waals surface area contributed by atoms with E-state index in [9.17, 15) is 4.79 Å². The fraction of sp³-hybridized carbons (Fsp3) is 0.462. The molecular weight excluding hydrogens is 378 g/mol. The van der Waals surface area contributed by atoms with Crippen LogP contribution in [-0.4, -0.2) is 32.3 Å². The number of methoxy groups -OCH3 is 1. The Bertz CT molecular complexity index is 452. The molecule has 0 saturated heterocycles. The molecule has 1 rings (SSSR count).